The molecule has 1 aromatic heterocycles. The number of amides is 2. The van der Waals surface area contributed by atoms with E-state index in [2.05, 4.69) is 20.2 Å². The maximum atomic E-state index is 13.0. The summed E-state index contributed by atoms with van der Waals surface area (Å²) >= 11 is 13.4. The van der Waals surface area contributed by atoms with Gasteiger partial charge < -0.3 is 15.1 Å². The predicted molar refractivity (Wildman–Crippen MR) is 140 cm³/mol. The van der Waals surface area contributed by atoms with Crippen LogP contribution in [0.25, 0.3) is 0 Å². The smallest absolute Gasteiger partial charge is 0.254 e. The van der Waals surface area contributed by atoms with Crippen LogP contribution in [0.1, 0.15) is 22.8 Å². The molecule has 188 valence electrons. The largest absolute Gasteiger partial charge is 0.353 e. The van der Waals surface area contributed by atoms with Crippen molar-refractivity contribution in [2.24, 2.45) is 0 Å². The Balaban J connectivity index is 1.33. The van der Waals surface area contributed by atoms with E-state index in [4.69, 9.17) is 23.2 Å². The quantitative estimate of drug-likeness (QED) is 0.263. The standard InChI is InChI=1S/C25H24Cl2FN5O2S/c1-16-14-32(10-11-33(16)24(35)18-4-6-19(26)7-5-18)22-12-21(27)30-25(31-22)36-15-23(34)29-13-17-2-8-20(28)9-3-17/h2-9,12,16H,10-11,13-15H2,1H3,(H,29,34). The van der Waals surface area contributed by atoms with Gasteiger partial charge in [-0.25, -0.2) is 14.4 Å². The number of piperazine rings is 1. The fourth-order valence-electron chi connectivity index (χ4n) is 3.82. The maximum absolute atomic E-state index is 13.0. The van der Waals surface area contributed by atoms with Gasteiger partial charge in [0.1, 0.15) is 16.8 Å². The second kappa shape index (κ2) is 11.9. The summed E-state index contributed by atoms with van der Waals surface area (Å²) in [7, 11) is 0. The Morgan fingerprint density at radius 2 is 1.81 bits per heavy atom. The lowest BCUT2D eigenvalue weighted by Crippen LogP contribution is -2.54. The van der Waals surface area contributed by atoms with Crippen molar-refractivity contribution in [3.8, 4) is 0 Å². The maximum Gasteiger partial charge on any atom is 0.254 e. The summed E-state index contributed by atoms with van der Waals surface area (Å²) in [5, 5.41) is 4.05. The zero-order chi connectivity index (χ0) is 25.7. The van der Waals surface area contributed by atoms with E-state index in [1.807, 2.05) is 11.8 Å². The molecule has 2 aromatic carbocycles. The molecule has 0 radical (unpaired) electrons. The van der Waals surface area contributed by atoms with Gasteiger partial charge in [-0.3, -0.25) is 9.59 Å². The Morgan fingerprint density at radius 3 is 2.50 bits per heavy atom. The number of carbonyl (C=O) groups excluding carboxylic acids is 2. The summed E-state index contributed by atoms with van der Waals surface area (Å²) in [4.78, 5) is 37.9. The zero-order valence-electron chi connectivity index (χ0n) is 19.5. The molecule has 1 atom stereocenters. The summed E-state index contributed by atoms with van der Waals surface area (Å²) in [5.41, 5.74) is 1.40. The normalized spacial score (nSPS) is 15.6. The highest BCUT2D eigenvalue weighted by Crippen LogP contribution is 2.25. The lowest BCUT2D eigenvalue weighted by molar-refractivity contribution is -0.118. The number of carbonyl (C=O) groups is 2. The Kier molecular flexibility index (Phi) is 8.66. The summed E-state index contributed by atoms with van der Waals surface area (Å²) in [6.45, 7) is 3.98. The third kappa shape index (κ3) is 6.87. The molecule has 2 amide bonds. The van der Waals surface area contributed by atoms with E-state index in [-0.39, 0.29) is 34.6 Å². The molecule has 1 saturated heterocycles. The fourth-order valence-corrected chi connectivity index (χ4v) is 4.86. The van der Waals surface area contributed by atoms with Gasteiger partial charge in [-0.1, -0.05) is 47.1 Å². The molecular formula is C25H24Cl2FN5O2S. The highest BCUT2D eigenvalue weighted by atomic mass is 35.5. The van der Waals surface area contributed by atoms with Gasteiger partial charge in [-0.05, 0) is 48.9 Å². The SMILES string of the molecule is CC1CN(c2cc(Cl)nc(SCC(=O)NCc3ccc(F)cc3)n2)CCN1C(=O)c1ccc(Cl)cc1. The van der Waals surface area contributed by atoms with Crippen LogP contribution in [-0.2, 0) is 11.3 Å². The first-order valence-corrected chi connectivity index (χ1v) is 13.0. The first kappa shape index (κ1) is 26.2. The number of aromatic nitrogens is 2. The molecule has 1 aliphatic rings. The molecule has 36 heavy (non-hydrogen) atoms. The monoisotopic (exact) mass is 547 g/mol. The van der Waals surface area contributed by atoms with Gasteiger partial charge in [0.05, 0.1) is 5.75 Å². The van der Waals surface area contributed by atoms with E-state index in [0.717, 1.165) is 5.56 Å². The lowest BCUT2D eigenvalue weighted by Gasteiger charge is -2.40. The highest BCUT2D eigenvalue weighted by Gasteiger charge is 2.29. The minimum atomic E-state index is -0.321. The molecule has 7 nitrogen and oxygen atoms in total. The van der Waals surface area contributed by atoms with E-state index < -0.39 is 0 Å². The van der Waals surface area contributed by atoms with Crippen LogP contribution in [0.15, 0.2) is 59.8 Å². The van der Waals surface area contributed by atoms with E-state index >= 15 is 0 Å². The Labute approximate surface area is 223 Å². The predicted octanol–water partition coefficient (Wildman–Crippen LogP) is 4.68. The molecule has 0 saturated carbocycles. The third-order valence-electron chi connectivity index (χ3n) is 5.70. The topological polar surface area (TPSA) is 78.4 Å². The van der Waals surface area contributed by atoms with Gasteiger partial charge in [0.15, 0.2) is 5.16 Å². The fraction of sp³-hybridized carbons (Fsp3) is 0.280. The molecule has 4 rings (SSSR count). The zero-order valence-corrected chi connectivity index (χ0v) is 21.8. The molecule has 1 aliphatic heterocycles. The summed E-state index contributed by atoms with van der Waals surface area (Å²) in [5.74, 6) is 0.203. The van der Waals surface area contributed by atoms with Gasteiger partial charge in [-0.2, -0.15) is 0 Å². The molecule has 1 unspecified atom stereocenters. The summed E-state index contributed by atoms with van der Waals surface area (Å²) in [6.07, 6.45) is 0. The molecule has 0 aliphatic carbocycles. The van der Waals surface area contributed by atoms with Crippen LogP contribution < -0.4 is 10.2 Å². The Morgan fingerprint density at radius 1 is 1.08 bits per heavy atom. The number of anilines is 1. The van der Waals surface area contributed by atoms with Gasteiger partial charge in [0, 0.05) is 48.9 Å². The van der Waals surface area contributed by atoms with Crippen molar-refractivity contribution in [1.29, 1.82) is 0 Å². The number of nitrogens with one attached hydrogen (secondary N) is 1. The van der Waals surface area contributed by atoms with E-state index in [1.54, 1.807) is 42.5 Å². The number of halogens is 3. The van der Waals surface area contributed by atoms with Crippen LogP contribution in [-0.4, -0.2) is 58.1 Å². The molecular weight excluding hydrogens is 524 g/mol. The number of thioether (sulfide) groups is 1. The molecule has 2 heterocycles. The Bertz CT molecular complexity index is 1230. The van der Waals surface area contributed by atoms with Crippen LogP contribution in [0, 0.1) is 5.82 Å². The van der Waals surface area contributed by atoms with Crippen molar-refractivity contribution in [1.82, 2.24) is 20.2 Å². The van der Waals surface area contributed by atoms with Crippen LogP contribution in [0.4, 0.5) is 10.2 Å². The summed E-state index contributed by atoms with van der Waals surface area (Å²) in [6, 6.07) is 14.5. The minimum absolute atomic E-state index is 0.0394. The second-order valence-corrected chi connectivity index (χ2v) is 10.1. The van der Waals surface area contributed by atoms with Crippen LogP contribution in [0.3, 0.4) is 0 Å². The Hall–Kier alpha value is -2.88. The van der Waals surface area contributed by atoms with Crippen molar-refractivity contribution in [3.63, 3.8) is 0 Å². The average Bonchev–Trinajstić information content (AvgIpc) is 2.87. The molecule has 11 heteroatoms. The van der Waals surface area contributed by atoms with Crippen LogP contribution >= 0.6 is 35.0 Å². The van der Waals surface area contributed by atoms with Gasteiger partial charge in [-0.15, -0.1) is 0 Å². The highest BCUT2D eigenvalue weighted by molar-refractivity contribution is 7.99. The molecule has 1 N–H and O–H groups in total. The van der Waals surface area contributed by atoms with E-state index in [9.17, 15) is 14.0 Å². The first-order valence-electron chi connectivity index (χ1n) is 11.3. The number of nitrogens with zero attached hydrogens (tertiary/aromatic N) is 4. The van der Waals surface area contributed by atoms with Crippen molar-refractivity contribution in [3.05, 3.63) is 81.7 Å². The van der Waals surface area contributed by atoms with E-state index in [0.29, 0.717) is 47.7 Å². The minimum Gasteiger partial charge on any atom is -0.353 e. The van der Waals surface area contributed by atoms with Crippen molar-refractivity contribution < 1.29 is 14.0 Å². The van der Waals surface area contributed by atoms with Crippen molar-refractivity contribution in [2.75, 3.05) is 30.3 Å². The number of benzene rings is 2. The molecule has 0 spiro atoms. The van der Waals surface area contributed by atoms with Gasteiger partial charge in [0.2, 0.25) is 5.91 Å². The number of hydrogen-bond acceptors (Lipinski definition) is 6. The summed E-state index contributed by atoms with van der Waals surface area (Å²) < 4.78 is 13.0. The van der Waals surface area contributed by atoms with Crippen LogP contribution in [0.5, 0.6) is 0 Å². The van der Waals surface area contributed by atoms with Gasteiger partial charge >= 0.3 is 0 Å². The van der Waals surface area contributed by atoms with Crippen molar-refractivity contribution in [2.45, 2.75) is 24.7 Å². The molecule has 3 aromatic rings. The lowest BCUT2D eigenvalue weighted by atomic mass is 10.1. The molecule has 1 fully saturated rings. The van der Waals surface area contributed by atoms with Crippen LogP contribution in [0.2, 0.25) is 10.2 Å². The number of hydrogen-bond donors (Lipinski definition) is 1. The average molecular weight is 548 g/mol. The van der Waals surface area contributed by atoms with Crippen molar-refractivity contribution >= 4 is 52.6 Å². The third-order valence-corrected chi connectivity index (χ3v) is 6.99. The van der Waals surface area contributed by atoms with Gasteiger partial charge in [0.25, 0.3) is 5.91 Å². The van der Waals surface area contributed by atoms with E-state index in [1.165, 1.54) is 23.9 Å². The molecule has 0 bridgehead atoms. The first-order chi connectivity index (χ1) is 17.3. The second-order valence-electron chi connectivity index (χ2n) is 8.32. The number of rotatable bonds is 7.